The van der Waals surface area contributed by atoms with E-state index in [1.165, 1.54) is 0 Å². The fraction of sp³-hybridized carbons (Fsp3) is 0.409. The van der Waals surface area contributed by atoms with Gasteiger partial charge in [-0.25, -0.2) is 8.42 Å². The molecule has 2 aliphatic heterocycles. The van der Waals surface area contributed by atoms with Crippen LogP contribution in [0.4, 0.5) is 5.69 Å². The summed E-state index contributed by atoms with van der Waals surface area (Å²) in [5.74, 6) is 0.811. The number of amides is 1. The number of carbonyl (C=O) groups is 1. The van der Waals surface area contributed by atoms with E-state index in [-0.39, 0.29) is 16.8 Å². The summed E-state index contributed by atoms with van der Waals surface area (Å²) in [6.07, 6.45) is 3.71. The molecule has 2 heterocycles. The lowest BCUT2D eigenvalue weighted by atomic mass is 10.1. The fourth-order valence-electron chi connectivity index (χ4n) is 4.05. The molecule has 1 amide bonds. The van der Waals surface area contributed by atoms with Gasteiger partial charge in [0.25, 0.3) is 5.91 Å². The van der Waals surface area contributed by atoms with Crippen molar-refractivity contribution in [3.8, 4) is 0 Å². The van der Waals surface area contributed by atoms with E-state index in [4.69, 9.17) is 0 Å². The van der Waals surface area contributed by atoms with Crippen molar-refractivity contribution >= 4 is 33.4 Å². The van der Waals surface area contributed by atoms with Gasteiger partial charge in [0.2, 0.25) is 10.0 Å². The van der Waals surface area contributed by atoms with Gasteiger partial charge in [-0.3, -0.25) is 4.79 Å². The van der Waals surface area contributed by atoms with Gasteiger partial charge < -0.3 is 4.90 Å². The highest BCUT2D eigenvalue weighted by Gasteiger charge is 2.32. The second-order valence-corrected chi connectivity index (χ2v) is 10.6. The second kappa shape index (κ2) is 8.50. The molecule has 1 fully saturated rings. The third kappa shape index (κ3) is 4.09. The smallest absolute Gasteiger partial charge is 0.258 e. The van der Waals surface area contributed by atoms with Crippen molar-refractivity contribution in [1.82, 2.24) is 4.31 Å². The van der Waals surface area contributed by atoms with Crippen molar-refractivity contribution in [3.05, 3.63) is 54.1 Å². The minimum absolute atomic E-state index is 0.0115. The minimum Gasteiger partial charge on any atom is -0.307 e. The van der Waals surface area contributed by atoms with Crippen molar-refractivity contribution in [2.45, 2.75) is 48.4 Å². The number of rotatable bonds is 3. The predicted octanol–water partition coefficient (Wildman–Crippen LogP) is 4.39. The number of benzene rings is 2. The van der Waals surface area contributed by atoms with Gasteiger partial charge in [0.1, 0.15) is 0 Å². The number of hydrogen-bond donors (Lipinski definition) is 0. The van der Waals surface area contributed by atoms with Crippen LogP contribution in [0.25, 0.3) is 0 Å². The molecule has 2 aromatic carbocycles. The van der Waals surface area contributed by atoms with Crippen LogP contribution in [0.1, 0.15) is 43.0 Å². The van der Waals surface area contributed by atoms with E-state index < -0.39 is 10.0 Å². The molecule has 0 N–H and O–H groups in total. The van der Waals surface area contributed by atoms with Gasteiger partial charge >= 0.3 is 0 Å². The molecule has 0 spiro atoms. The summed E-state index contributed by atoms with van der Waals surface area (Å²) in [4.78, 5) is 16.4. The number of sulfonamides is 1. The Morgan fingerprint density at radius 3 is 2.69 bits per heavy atom. The Bertz CT molecular complexity index is 1010. The van der Waals surface area contributed by atoms with Crippen LogP contribution in [0.3, 0.4) is 0 Å². The Balaban J connectivity index is 1.66. The average Bonchev–Trinajstić information content (AvgIpc) is 2.96. The number of fused-ring (bicyclic) bond motifs is 1. The highest BCUT2D eigenvalue weighted by atomic mass is 32.2. The first kappa shape index (κ1) is 20.4. The number of carbonyl (C=O) groups excluding carboxylic acids is 1. The molecule has 2 aromatic rings. The van der Waals surface area contributed by atoms with Crippen molar-refractivity contribution in [2.24, 2.45) is 0 Å². The van der Waals surface area contributed by atoms with Crippen LogP contribution in [-0.2, 0) is 10.0 Å². The summed E-state index contributed by atoms with van der Waals surface area (Å²) < 4.78 is 28.0. The van der Waals surface area contributed by atoms with E-state index in [1.54, 1.807) is 45.2 Å². The van der Waals surface area contributed by atoms with Crippen LogP contribution in [0.2, 0.25) is 0 Å². The topological polar surface area (TPSA) is 57.7 Å². The summed E-state index contributed by atoms with van der Waals surface area (Å²) >= 11 is 1.76. The zero-order valence-electron chi connectivity index (χ0n) is 16.6. The maximum absolute atomic E-state index is 13.3. The molecule has 0 bridgehead atoms. The van der Waals surface area contributed by atoms with Crippen molar-refractivity contribution in [2.75, 3.05) is 23.7 Å². The summed E-state index contributed by atoms with van der Waals surface area (Å²) in [5.41, 5.74) is 1.32. The average molecular weight is 431 g/mol. The van der Waals surface area contributed by atoms with Crippen molar-refractivity contribution in [1.29, 1.82) is 0 Å². The molecule has 1 atom stereocenters. The van der Waals surface area contributed by atoms with Crippen LogP contribution in [0, 0.1) is 0 Å². The Kier molecular flexibility index (Phi) is 5.99. The minimum atomic E-state index is -3.61. The van der Waals surface area contributed by atoms with Gasteiger partial charge in [-0.2, -0.15) is 4.31 Å². The molecule has 154 valence electrons. The van der Waals surface area contributed by atoms with Gasteiger partial charge in [0.05, 0.1) is 10.6 Å². The quantitative estimate of drug-likeness (QED) is 0.725. The number of thioether (sulfide) groups is 1. The molecule has 7 heteroatoms. The van der Waals surface area contributed by atoms with E-state index in [0.717, 1.165) is 42.0 Å². The van der Waals surface area contributed by atoms with E-state index in [2.05, 4.69) is 0 Å². The first-order chi connectivity index (χ1) is 14.0. The largest absolute Gasteiger partial charge is 0.307 e. The molecule has 5 nitrogen and oxygen atoms in total. The zero-order chi connectivity index (χ0) is 20.4. The van der Waals surface area contributed by atoms with Crippen LogP contribution >= 0.6 is 11.8 Å². The molecule has 29 heavy (non-hydrogen) atoms. The molecule has 1 unspecified atom stereocenters. The van der Waals surface area contributed by atoms with Gasteiger partial charge in [-0.05, 0) is 62.3 Å². The summed E-state index contributed by atoms with van der Waals surface area (Å²) in [6.45, 7) is 3.12. The highest BCUT2D eigenvalue weighted by Crippen LogP contribution is 2.34. The molecule has 0 aromatic heterocycles. The third-order valence-electron chi connectivity index (χ3n) is 5.61. The summed E-state index contributed by atoms with van der Waals surface area (Å²) in [5, 5.41) is 0. The fourth-order valence-corrected chi connectivity index (χ4v) is 6.79. The Morgan fingerprint density at radius 2 is 1.86 bits per heavy atom. The SMILES string of the molecule is CC1CCCCN1S(=O)(=O)c1cccc(C(=O)N2CCCSc3ccccc32)c1. The first-order valence-electron chi connectivity index (χ1n) is 10.1. The number of nitrogens with zero attached hydrogens (tertiary/aromatic N) is 2. The van der Waals surface area contributed by atoms with E-state index in [9.17, 15) is 13.2 Å². The van der Waals surface area contributed by atoms with E-state index in [0.29, 0.717) is 18.7 Å². The van der Waals surface area contributed by atoms with Gasteiger partial charge in [0, 0.05) is 29.6 Å². The summed E-state index contributed by atoms with van der Waals surface area (Å²) in [7, 11) is -3.61. The predicted molar refractivity (Wildman–Crippen MR) is 117 cm³/mol. The Morgan fingerprint density at radius 1 is 1.03 bits per heavy atom. The van der Waals surface area contributed by atoms with Crippen molar-refractivity contribution in [3.63, 3.8) is 0 Å². The van der Waals surface area contributed by atoms with E-state index >= 15 is 0 Å². The maximum Gasteiger partial charge on any atom is 0.258 e. The molecular formula is C22H26N2O3S2. The number of anilines is 1. The van der Waals surface area contributed by atoms with E-state index in [1.807, 2.05) is 31.2 Å². The first-order valence-corrected chi connectivity index (χ1v) is 12.6. The van der Waals surface area contributed by atoms with Crippen LogP contribution in [0.15, 0.2) is 58.3 Å². The lowest BCUT2D eigenvalue weighted by Crippen LogP contribution is -2.42. The highest BCUT2D eigenvalue weighted by molar-refractivity contribution is 7.99. The molecule has 1 saturated heterocycles. The van der Waals surface area contributed by atoms with Crippen LogP contribution in [0.5, 0.6) is 0 Å². The number of piperidine rings is 1. The Labute approximate surface area is 177 Å². The number of hydrogen-bond acceptors (Lipinski definition) is 4. The second-order valence-electron chi connectivity index (χ2n) is 7.61. The summed E-state index contributed by atoms with van der Waals surface area (Å²) in [6, 6.07) is 14.4. The number of para-hydroxylation sites is 1. The van der Waals surface area contributed by atoms with Crippen LogP contribution < -0.4 is 4.90 Å². The molecular weight excluding hydrogens is 404 g/mol. The monoisotopic (exact) mass is 430 g/mol. The Hall–Kier alpha value is -1.83. The van der Waals surface area contributed by atoms with Gasteiger partial charge in [-0.1, -0.05) is 24.6 Å². The molecule has 2 aliphatic rings. The van der Waals surface area contributed by atoms with Crippen molar-refractivity contribution < 1.29 is 13.2 Å². The standard InChI is InChI=1S/C22H26N2O3S2/c1-17-8-4-5-14-24(17)29(26,27)19-10-6-9-18(16-19)22(25)23-13-7-15-28-21-12-3-2-11-20(21)23/h2-3,6,9-12,16-17H,4-5,7-8,13-15H2,1H3. The molecule has 0 saturated carbocycles. The lowest BCUT2D eigenvalue weighted by Gasteiger charge is -2.32. The normalized spacial score (nSPS) is 20.7. The molecule has 4 rings (SSSR count). The molecule has 0 radical (unpaired) electrons. The lowest BCUT2D eigenvalue weighted by molar-refractivity contribution is 0.0986. The van der Waals surface area contributed by atoms with Crippen LogP contribution in [-0.4, -0.2) is 43.5 Å². The van der Waals surface area contributed by atoms with Gasteiger partial charge in [-0.15, -0.1) is 11.8 Å². The molecule has 0 aliphatic carbocycles. The zero-order valence-corrected chi connectivity index (χ0v) is 18.2. The maximum atomic E-state index is 13.3. The van der Waals surface area contributed by atoms with Gasteiger partial charge in [0.15, 0.2) is 0 Å². The third-order valence-corrected chi connectivity index (χ3v) is 8.77.